The Morgan fingerprint density at radius 1 is 1.12 bits per heavy atom. The molecular weight excluding hydrogens is 198 g/mol. The number of rotatable bonds is 2. The predicted octanol–water partition coefficient (Wildman–Crippen LogP) is 2.87. The smallest absolute Gasteiger partial charge is 0.137 e. The number of ketones is 1. The Labute approximate surface area is 99.4 Å². The summed E-state index contributed by atoms with van der Waals surface area (Å²) < 4.78 is 0. The SMILES string of the molecule is CC1CCCN(CC2CCCCC2=O)CC1. The van der Waals surface area contributed by atoms with Crippen LogP contribution in [-0.4, -0.2) is 30.3 Å². The van der Waals surface area contributed by atoms with Crippen molar-refractivity contribution in [3.8, 4) is 0 Å². The third-order valence-electron chi connectivity index (χ3n) is 4.27. The van der Waals surface area contributed by atoms with Crippen LogP contribution in [0.25, 0.3) is 0 Å². The number of likely N-dealkylation sites (tertiary alicyclic amines) is 1. The maximum Gasteiger partial charge on any atom is 0.137 e. The molecule has 2 unspecified atom stereocenters. The van der Waals surface area contributed by atoms with Crippen LogP contribution in [0, 0.1) is 11.8 Å². The molecule has 0 N–H and O–H groups in total. The highest BCUT2D eigenvalue weighted by Gasteiger charge is 2.25. The van der Waals surface area contributed by atoms with E-state index in [4.69, 9.17) is 0 Å². The fraction of sp³-hybridized carbons (Fsp3) is 0.929. The van der Waals surface area contributed by atoms with Crippen molar-refractivity contribution in [3.05, 3.63) is 0 Å². The Morgan fingerprint density at radius 3 is 2.81 bits per heavy atom. The zero-order chi connectivity index (χ0) is 11.4. The zero-order valence-electron chi connectivity index (χ0n) is 10.6. The van der Waals surface area contributed by atoms with Crippen LogP contribution in [0.15, 0.2) is 0 Å². The van der Waals surface area contributed by atoms with Crippen LogP contribution < -0.4 is 0 Å². The minimum Gasteiger partial charge on any atom is -0.303 e. The van der Waals surface area contributed by atoms with E-state index < -0.39 is 0 Å². The van der Waals surface area contributed by atoms with Gasteiger partial charge in [0.2, 0.25) is 0 Å². The van der Waals surface area contributed by atoms with E-state index in [2.05, 4.69) is 11.8 Å². The van der Waals surface area contributed by atoms with Crippen molar-refractivity contribution in [2.75, 3.05) is 19.6 Å². The minimum atomic E-state index is 0.363. The van der Waals surface area contributed by atoms with Crippen LogP contribution >= 0.6 is 0 Å². The highest BCUT2D eigenvalue weighted by atomic mass is 16.1. The second-order valence-corrected chi connectivity index (χ2v) is 5.75. The molecule has 0 aromatic rings. The van der Waals surface area contributed by atoms with E-state index in [9.17, 15) is 4.79 Å². The van der Waals surface area contributed by atoms with Crippen molar-refractivity contribution < 1.29 is 4.79 Å². The summed E-state index contributed by atoms with van der Waals surface area (Å²) in [7, 11) is 0. The van der Waals surface area contributed by atoms with Gasteiger partial charge in [0.25, 0.3) is 0 Å². The molecule has 2 nitrogen and oxygen atoms in total. The van der Waals surface area contributed by atoms with E-state index in [1.54, 1.807) is 0 Å². The average molecular weight is 223 g/mol. The zero-order valence-corrected chi connectivity index (χ0v) is 10.6. The fourth-order valence-electron chi connectivity index (χ4n) is 3.06. The predicted molar refractivity (Wildman–Crippen MR) is 66.4 cm³/mol. The molecule has 1 saturated heterocycles. The molecule has 2 rings (SSSR count). The molecule has 2 atom stereocenters. The number of nitrogens with zero attached hydrogens (tertiary/aromatic N) is 1. The summed E-state index contributed by atoms with van der Waals surface area (Å²) in [5.74, 6) is 1.78. The summed E-state index contributed by atoms with van der Waals surface area (Å²) in [4.78, 5) is 14.3. The van der Waals surface area contributed by atoms with Crippen molar-refractivity contribution in [3.63, 3.8) is 0 Å². The lowest BCUT2D eigenvalue weighted by Crippen LogP contribution is -2.35. The van der Waals surface area contributed by atoms with E-state index in [1.807, 2.05) is 0 Å². The second-order valence-electron chi connectivity index (χ2n) is 5.75. The molecule has 1 heterocycles. The van der Waals surface area contributed by atoms with Gasteiger partial charge in [-0.1, -0.05) is 13.3 Å². The molecule has 0 aromatic carbocycles. The number of hydrogen-bond acceptors (Lipinski definition) is 2. The van der Waals surface area contributed by atoms with Gasteiger partial charge in [0.15, 0.2) is 0 Å². The molecule has 2 fully saturated rings. The molecule has 0 radical (unpaired) electrons. The first-order chi connectivity index (χ1) is 7.75. The van der Waals surface area contributed by atoms with Gasteiger partial charge in [0.1, 0.15) is 5.78 Å². The summed E-state index contributed by atoms with van der Waals surface area (Å²) in [5.41, 5.74) is 0. The molecule has 0 amide bonds. The molecule has 0 spiro atoms. The van der Waals surface area contributed by atoms with Gasteiger partial charge in [-0.3, -0.25) is 4.79 Å². The molecule has 1 saturated carbocycles. The molecule has 0 aromatic heterocycles. The van der Waals surface area contributed by atoms with Crippen molar-refractivity contribution in [2.45, 2.75) is 51.9 Å². The normalized spacial score (nSPS) is 33.7. The van der Waals surface area contributed by atoms with Gasteiger partial charge in [-0.15, -0.1) is 0 Å². The average Bonchev–Trinajstić information content (AvgIpc) is 2.47. The molecule has 0 bridgehead atoms. The first kappa shape index (κ1) is 12.1. The van der Waals surface area contributed by atoms with Crippen LogP contribution in [-0.2, 0) is 4.79 Å². The fourth-order valence-corrected chi connectivity index (χ4v) is 3.06. The Hall–Kier alpha value is -0.370. The Morgan fingerprint density at radius 2 is 2.00 bits per heavy atom. The van der Waals surface area contributed by atoms with Gasteiger partial charge in [-0.2, -0.15) is 0 Å². The van der Waals surface area contributed by atoms with E-state index in [0.29, 0.717) is 11.7 Å². The number of Topliss-reactive ketones (excluding diaryl/α,β-unsaturated/α-hetero) is 1. The first-order valence-electron chi connectivity index (χ1n) is 7.01. The van der Waals surface area contributed by atoms with Crippen LogP contribution in [0.5, 0.6) is 0 Å². The van der Waals surface area contributed by atoms with Gasteiger partial charge < -0.3 is 4.90 Å². The third-order valence-corrected chi connectivity index (χ3v) is 4.27. The highest BCUT2D eigenvalue weighted by molar-refractivity contribution is 5.81. The molecule has 2 aliphatic rings. The molecule has 1 aliphatic heterocycles. The quantitative estimate of drug-likeness (QED) is 0.717. The lowest BCUT2D eigenvalue weighted by molar-refractivity contribution is -0.125. The Kier molecular flexibility index (Phi) is 4.39. The monoisotopic (exact) mass is 223 g/mol. The summed E-state index contributed by atoms with van der Waals surface area (Å²) in [6.45, 7) is 5.83. The van der Waals surface area contributed by atoms with Gasteiger partial charge in [-0.05, 0) is 51.1 Å². The van der Waals surface area contributed by atoms with E-state index in [1.165, 1.54) is 38.8 Å². The topological polar surface area (TPSA) is 20.3 Å². The number of hydrogen-bond donors (Lipinski definition) is 0. The van der Waals surface area contributed by atoms with Gasteiger partial charge >= 0.3 is 0 Å². The largest absolute Gasteiger partial charge is 0.303 e. The Balaban J connectivity index is 1.81. The maximum absolute atomic E-state index is 11.8. The summed E-state index contributed by atoms with van der Waals surface area (Å²) in [6, 6.07) is 0. The van der Waals surface area contributed by atoms with Crippen molar-refractivity contribution in [1.82, 2.24) is 4.90 Å². The molecule has 16 heavy (non-hydrogen) atoms. The molecule has 2 heteroatoms. The summed E-state index contributed by atoms with van der Waals surface area (Å²) in [5, 5.41) is 0. The number of carbonyl (C=O) groups excluding carboxylic acids is 1. The number of carbonyl (C=O) groups is 1. The van der Waals surface area contributed by atoms with Crippen molar-refractivity contribution in [2.24, 2.45) is 11.8 Å². The van der Waals surface area contributed by atoms with Gasteiger partial charge in [-0.25, -0.2) is 0 Å². The summed E-state index contributed by atoms with van der Waals surface area (Å²) in [6.07, 6.45) is 8.39. The molecule has 1 aliphatic carbocycles. The first-order valence-corrected chi connectivity index (χ1v) is 7.01. The summed E-state index contributed by atoms with van der Waals surface area (Å²) >= 11 is 0. The van der Waals surface area contributed by atoms with Gasteiger partial charge in [0, 0.05) is 18.9 Å². The van der Waals surface area contributed by atoms with E-state index >= 15 is 0 Å². The molecule has 92 valence electrons. The van der Waals surface area contributed by atoms with Crippen LogP contribution in [0.3, 0.4) is 0 Å². The Bertz CT molecular complexity index is 239. The lowest BCUT2D eigenvalue weighted by Gasteiger charge is -2.27. The van der Waals surface area contributed by atoms with E-state index in [-0.39, 0.29) is 0 Å². The van der Waals surface area contributed by atoms with Crippen LogP contribution in [0.4, 0.5) is 0 Å². The third kappa shape index (κ3) is 3.31. The highest BCUT2D eigenvalue weighted by Crippen LogP contribution is 2.23. The van der Waals surface area contributed by atoms with Crippen LogP contribution in [0.2, 0.25) is 0 Å². The maximum atomic E-state index is 11.8. The van der Waals surface area contributed by atoms with Crippen LogP contribution in [0.1, 0.15) is 51.9 Å². The lowest BCUT2D eigenvalue weighted by atomic mass is 9.87. The molecular formula is C14H25NO. The van der Waals surface area contributed by atoms with Gasteiger partial charge in [0.05, 0.1) is 0 Å². The second kappa shape index (κ2) is 5.81. The van der Waals surface area contributed by atoms with Crippen molar-refractivity contribution in [1.29, 1.82) is 0 Å². The van der Waals surface area contributed by atoms with Crippen molar-refractivity contribution >= 4 is 5.78 Å². The van der Waals surface area contributed by atoms with E-state index in [0.717, 1.165) is 31.7 Å². The minimum absolute atomic E-state index is 0.363. The standard InChI is InChI=1S/C14H25NO/c1-12-5-4-9-15(10-8-12)11-13-6-2-3-7-14(13)16/h12-13H,2-11H2,1H3.